The van der Waals surface area contributed by atoms with Crippen LogP contribution in [0.4, 0.5) is 0 Å². The molecule has 1 aliphatic rings. The first-order valence-electron chi connectivity index (χ1n) is 8.14. The fourth-order valence-corrected chi connectivity index (χ4v) is 2.94. The Morgan fingerprint density at radius 3 is 2.26 bits per heavy atom. The van der Waals surface area contributed by atoms with Crippen molar-refractivity contribution in [2.24, 2.45) is 11.8 Å². The molecule has 1 aromatic rings. The van der Waals surface area contributed by atoms with Crippen molar-refractivity contribution >= 4 is 11.9 Å². The molecule has 126 valence electrons. The van der Waals surface area contributed by atoms with Crippen molar-refractivity contribution in [3.63, 3.8) is 0 Å². The Kier molecular flexibility index (Phi) is 6.02. The highest BCUT2D eigenvalue weighted by molar-refractivity contribution is 5.79. The molecule has 0 heterocycles. The second-order valence-corrected chi connectivity index (χ2v) is 6.31. The van der Waals surface area contributed by atoms with Crippen LogP contribution in [0.1, 0.15) is 31.2 Å². The molecule has 0 spiro atoms. The van der Waals surface area contributed by atoms with Gasteiger partial charge < -0.3 is 14.7 Å². The van der Waals surface area contributed by atoms with Crippen molar-refractivity contribution in [2.75, 3.05) is 20.2 Å². The summed E-state index contributed by atoms with van der Waals surface area (Å²) in [4.78, 5) is 25.0. The zero-order chi connectivity index (χ0) is 16.8. The van der Waals surface area contributed by atoms with Gasteiger partial charge in [0.05, 0.1) is 12.5 Å². The van der Waals surface area contributed by atoms with E-state index in [0.717, 1.165) is 5.75 Å². The molecule has 1 fully saturated rings. The van der Waals surface area contributed by atoms with E-state index < -0.39 is 5.97 Å². The number of ether oxygens (including phenoxy) is 1. The lowest BCUT2D eigenvalue weighted by Gasteiger charge is -2.28. The number of carbonyl (C=O) groups is 2. The Morgan fingerprint density at radius 1 is 1.13 bits per heavy atom. The van der Waals surface area contributed by atoms with Crippen molar-refractivity contribution in [3.05, 3.63) is 29.8 Å². The molecule has 1 N–H and O–H groups in total. The molecular weight excluding hydrogens is 294 g/mol. The van der Waals surface area contributed by atoms with Gasteiger partial charge in [-0.2, -0.15) is 0 Å². The smallest absolute Gasteiger partial charge is 0.306 e. The van der Waals surface area contributed by atoms with Gasteiger partial charge >= 0.3 is 5.97 Å². The number of benzene rings is 1. The highest BCUT2D eigenvalue weighted by Gasteiger charge is 2.31. The van der Waals surface area contributed by atoms with Crippen molar-refractivity contribution in [1.82, 2.24) is 4.90 Å². The summed E-state index contributed by atoms with van der Waals surface area (Å²) in [5, 5.41) is 9.00. The van der Waals surface area contributed by atoms with E-state index >= 15 is 0 Å². The second kappa shape index (κ2) is 7.99. The SMILES string of the molecule is Cc1ccc(OCCN(C)C(=O)C2CCC(C(=O)O)CC2)cc1. The molecule has 2 rings (SSSR count). The van der Waals surface area contributed by atoms with Gasteiger partial charge in [-0.05, 0) is 44.7 Å². The molecular formula is C18H25NO4. The Hall–Kier alpha value is -2.04. The molecule has 5 heteroatoms. The van der Waals surface area contributed by atoms with E-state index in [1.54, 1.807) is 11.9 Å². The third kappa shape index (κ3) is 4.98. The first-order valence-corrected chi connectivity index (χ1v) is 8.14. The first-order chi connectivity index (χ1) is 11.0. The number of hydrogen-bond acceptors (Lipinski definition) is 3. The van der Waals surface area contributed by atoms with Crippen LogP contribution in [0.2, 0.25) is 0 Å². The number of rotatable bonds is 6. The predicted octanol–water partition coefficient (Wildman–Crippen LogP) is 2.72. The molecule has 0 atom stereocenters. The monoisotopic (exact) mass is 319 g/mol. The van der Waals surface area contributed by atoms with Gasteiger partial charge in [-0.15, -0.1) is 0 Å². The zero-order valence-electron chi connectivity index (χ0n) is 13.8. The largest absolute Gasteiger partial charge is 0.492 e. The average Bonchev–Trinajstić information content (AvgIpc) is 2.56. The lowest BCUT2D eigenvalue weighted by molar-refractivity contribution is -0.145. The predicted molar refractivity (Wildman–Crippen MR) is 87.4 cm³/mol. The molecule has 0 unspecified atom stereocenters. The number of carboxylic acid groups (broad SMARTS) is 1. The van der Waals surface area contributed by atoms with E-state index in [2.05, 4.69) is 0 Å². The number of hydrogen-bond donors (Lipinski definition) is 1. The van der Waals surface area contributed by atoms with E-state index in [-0.39, 0.29) is 17.7 Å². The van der Waals surface area contributed by atoms with Gasteiger partial charge in [0.2, 0.25) is 5.91 Å². The van der Waals surface area contributed by atoms with Gasteiger partial charge in [-0.3, -0.25) is 9.59 Å². The number of nitrogens with zero attached hydrogens (tertiary/aromatic N) is 1. The summed E-state index contributed by atoms with van der Waals surface area (Å²) in [6.45, 7) is 3.01. The van der Waals surface area contributed by atoms with E-state index in [0.29, 0.717) is 38.8 Å². The molecule has 0 aromatic heterocycles. The average molecular weight is 319 g/mol. The van der Waals surface area contributed by atoms with Crippen LogP contribution in [0.25, 0.3) is 0 Å². The second-order valence-electron chi connectivity index (χ2n) is 6.31. The number of aryl methyl sites for hydroxylation is 1. The van der Waals surface area contributed by atoms with Crippen LogP contribution in [0.5, 0.6) is 5.75 Å². The molecule has 0 saturated heterocycles. The molecule has 1 aromatic carbocycles. The van der Waals surface area contributed by atoms with Crippen molar-refractivity contribution in [2.45, 2.75) is 32.6 Å². The molecule has 23 heavy (non-hydrogen) atoms. The quantitative estimate of drug-likeness (QED) is 0.875. The maximum Gasteiger partial charge on any atom is 0.306 e. The third-order valence-corrected chi connectivity index (χ3v) is 4.52. The standard InChI is InChI=1S/C18H25NO4/c1-13-3-9-16(10-4-13)23-12-11-19(2)17(20)14-5-7-15(8-6-14)18(21)22/h3-4,9-10,14-15H,5-8,11-12H2,1-2H3,(H,21,22). The minimum absolute atomic E-state index is 0.0463. The lowest BCUT2D eigenvalue weighted by Crippen LogP contribution is -2.38. The van der Waals surface area contributed by atoms with Gasteiger partial charge in [0.25, 0.3) is 0 Å². The number of likely N-dealkylation sites (N-methyl/N-ethyl adjacent to an activating group) is 1. The summed E-state index contributed by atoms with van der Waals surface area (Å²) in [5.74, 6) is -0.167. The Bertz CT molecular complexity index is 532. The summed E-state index contributed by atoms with van der Waals surface area (Å²) in [6.07, 6.45) is 2.52. The van der Waals surface area contributed by atoms with Crippen LogP contribution in [0.15, 0.2) is 24.3 Å². The molecule has 0 aliphatic heterocycles. The number of amides is 1. The molecule has 1 amide bonds. The summed E-state index contributed by atoms with van der Waals surface area (Å²) >= 11 is 0. The fourth-order valence-electron chi connectivity index (χ4n) is 2.94. The van der Waals surface area contributed by atoms with Crippen molar-refractivity contribution in [1.29, 1.82) is 0 Å². The van der Waals surface area contributed by atoms with E-state index in [9.17, 15) is 9.59 Å². The van der Waals surface area contributed by atoms with Crippen LogP contribution in [0.3, 0.4) is 0 Å². The molecule has 1 saturated carbocycles. The maximum atomic E-state index is 12.4. The minimum Gasteiger partial charge on any atom is -0.492 e. The molecule has 1 aliphatic carbocycles. The number of carboxylic acids is 1. The summed E-state index contributed by atoms with van der Waals surface area (Å²) < 4.78 is 5.65. The topological polar surface area (TPSA) is 66.8 Å². The van der Waals surface area contributed by atoms with E-state index in [1.807, 2.05) is 31.2 Å². The highest BCUT2D eigenvalue weighted by Crippen LogP contribution is 2.30. The fraction of sp³-hybridized carbons (Fsp3) is 0.556. The van der Waals surface area contributed by atoms with Crippen LogP contribution < -0.4 is 4.74 Å². The summed E-state index contributed by atoms with van der Waals surface area (Å²) in [5.41, 5.74) is 1.18. The normalized spacial score (nSPS) is 20.8. The zero-order valence-corrected chi connectivity index (χ0v) is 13.8. The lowest BCUT2D eigenvalue weighted by atomic mass is 9.81. The van der Waals surface area contributed by atoms with Crippen LogP contribution in [0, 0.1) is 18.8 Å². The van der Waals surface area contributed by atoms with Crippen LogP contribution in [-0.2, 0) is 9.59 Å². The molecule has 0 radical (unpaired) electrons. The van der Waals surface area contributed by atoms with Crippen LogP contribution >= 0.6 is 0 Å². The van der Waals surface area contributed by atoms with Gasteiger partial charge in [-0.1, -0.05) is 17.7 Å². The van der Waals surface area contributed by atoms with Crippen molar-refractivity contribution < 1.29 is 19.4 Å². The summed E-state index contributed by atoms with van der Waals surface area (Å²) in [7, 11) is 1.78. The van der Waals surface area contributed by atoms with Crippen molar-refractivity contribution in [3.8, 4) is 5.75 Å². The number of aliphatic carboxylic acids is 1. The van der Waals surface area contributed by atoms with Gasteiger partial charge in [-0.25, -0.2) is 0 Å². The van der Waals surface area contributed by atoms with Gasteiger partial charge in [0, 0.05) is 13.0 Å². The third-order valence-electron chi connectivity index (χ3n) is 4.52. The Balaban J connectivity index is 1.73. The number of carbonyl (C=O) groups excluding carboxylic acids is 1. The van der Waals surface area contributed by atoms with E-state index in [1.165, 1.54) is 5.56 Å². The van der Waals surface area contributed by atoms with E-state index in [4.69, 9.17) is 9.84 Å². The van der Waals surface area contributed by atoms with Crippen LogP contribution in [-0.4, -0.2) is 42.1 Å². The van der Waals surface area contributed by atoms with Gasteiger partial charge in [0.1, 0.15) is 12.4 Å². The first kappa shape index (κ1) is 17.3. The minimum atomic E-state index is -0.740. The van der Waals surface area contributed by atoms with Gasteiger partial charge in [0.15, 0.2) is 0 Å². The highest BCUT2D eigenvalue weighted by atomic mass is 16.5. The summed E-state index contributed by atoms with van der Waals surface area (Å²) in [6, 6.07) is 7.82. The molecule has 0 bridgehead atoms. The molecule has 5 nitrogen and oxygen atoms in total. The Morgan fingerprint density at radius 2 is 1.70 bits per heavy atom. The Labute approximate surface area is 137 Å². The maximum absolute atomic E-state index is 12.4.